The van der Waals surface area contributed by atoms with Crippen LogP contribution < -0.4 is 10.6 Å². The first kappa shape index (κ1) is 14.2. The van der Waals surface area contributed by atoms with Crippen molar-refractivity contribution in [2.24, 2.45) is 5.92 Å². The number of halogens is 1. The number of carbonyl (C=O) groups excluding carboxylic acids is 2. The summed E-state index contributed by atoms with van der Waals surface area (Å²) in [7, 11) is 0. The predicted octanol–water partition coefficient (Wildman–Crippen LogP) is -0.303. The lowest BCUT2D eigenvalue weighted by Gasteiger charge is -2.08. The summed E-state index contributed by atoms with van der Waals surface area (Å²) in [4.78, 5) is 22.3. The molecule has 1 aliphatic rings. The van der Waals surface area contributed by atoms with Crippen molar-refractivity contribution >= 4 is 24.3 Å². The summed E-state index contributed by atoms with van der Waals surface area (Å²) < 4.78 is 4.69. The minimum Gasteiger partial charge on any atom is -0.465 e. The van der Waals surface area contributed by atoms with E-state index in [1.54, 1.807) is 6.92 Å². The van der Waals surface area contributed by atoms with E-state index in [4.69, 9.17) is 0 Å². The molecule has 1 rings (SSSR count). The molecule has 6 heteroatoms. The van der Waals surface area contributed by atoms with E-state index < -0.39 is 0 Å². The first-order valence-corrected chi connectivity index (χ1v) is 4.88. The fourth-order valence-corrected chi connectivity index (χ4v) is 1.39. The van der Waals surface area contributed by atoms with Crippen LogP contribution >= 0.6 is 12.4 Å². The van der Waals surface area contributed by atoms with Crippen molar-refractivity contribution in [1.29, 1.82) is 0 Å². The van der Waals surface area contributed by atoms with Gasteiger partial charge in [0.1, 0.15) is 6.54 Å². The fraction of sp³-hybridized carbons (Fsp3) is 0.778. The Bertz CT molecular complexity index is 217. The molecule has 2 N–H and O–H groups in total. The molecule has 0 radical (unpaired) electrons. The zero-order valence-corrected chi connectivity index (χ0v) is 9.56. The Kier molecular flexibility index (Phi) is 7.07. The molecule has 0 spiro atoms. The zero-order valence-electron chi connectivity index (χ0n) is 8.75. The van der Waals surface area contributed by atoms with Crippen LogP contribution in [0.3, 0.4) is 0 Å². The average molecular weight is 237 g/mol. The number of rotatable bonds is 4. The van der Waals surface area contributed by atoms with Gasteiger partial charge >= 0.3 is 5.97 Å². The number of ether oxygens (including phenoxy) is 1. The van der Waals surface area contributed by atoms with Gasteiger partial charge < -0.3 is 15.4 Å². The number of amides is 1. The normalized spacial score (nSPS) is 19.1. The molecule has 1 amide bonds. The topological polar surface area (TPSA) is 67.4 Å². The molecule has 0 bridgehead atoms. The van der Waals surface area contributed by atoms with Gasteiger partial charge in [-0.1, -0.05) is 0 Å². The number of esters is 1. The highest BCUT2D eigenvalue weighted by Gasteiger charge is 2.22. The van der Waals surface area contributed by atoms with Crippen LogP contribution in [-0.2, 0) is 14.3 Å². The van der Waals surface area contributed by atoms with Gasteiger partial charge in [-0.15, -0.1) is 12.4 Å². The van der Waals surface area contributed by atoms with Crippen LogP contribution in [0.25, 0.3) is 0 Å². The molecule has 0 aliphatic carbocycles. The van der Waals surface area contributed by atoms with Crippen molar-refractivity contribution in [2.75, 3.05) is 26.2 Å². The highest BCUT2D eigenvalue weighted by Crippen LogP contribution is 2.06. The number of hydrogen-bond acceptors (Lipinski definition) is 4. The van der Waals surface area contributed by atoms with Gasteiger partial charge in [0.05, 0.1) is 12.5 Å². The van der Waals surface area contributed by atoms with Crippen molar-refractivity contribution in [3.8, 4) is 0 Å². The molecular weight excluding hydrogens is 220 g/mol. The summed E-state index contributed by atoms with van der Waals surface area (Å²) >= 11 is 0. The van der Waals surface area contributed by atoms with Gasteiger partial charge in [-0.2, -0.15) is 0 Å². The molecule has 5 nitrogen and oxygen atoms in total. The van der Waals surface area contributed by atoms with Crippen molar-refractivity contribution in [3.05, 3.63) is 0 Å². The highest BCUT2D eigenvalue weighted by atomic mass is 35.5. The SMILES string of the molecule is CCOC(=O)CNC(=O)[C@H]1CCNC1.Cl. The van der Waals surface area contributed by atoms with E-state index in [1.165, 1.54) is 0 Å². The third-order valence-corrected chi connectivity index (χ3v) is 2.14. The van der Waals surface area contributed by atoms with Crippen molar-refractivity contribution < 1.29 is 14.3 Å². The average Bonchev–Trinajstić information content (AvgIpc) is 2.67. The molecular formula is C9H17ClN2O3. The second-order valence-corrected chi connectivity index (χ2v) is 3.21. The van der Waals surface area contributed by atoms with Crippen LogP contribution in [-0.4, -0.2) is 38.1 Å². The van der Waals surface area contributed by atoms with Crippen LogP contribution in [0.15, 0.2) is 0 Å². The lowest BCUT2D eigenvalue weighted by atomic mass is 10.1. The van der Waals surface area contributed by atoms with Crippen molar-refractivity contribution in [3.63, 3.8) is 0 Å². The first-order valence-electron chi connectivity index (χ1n) is 4.88. The first-order chi connectivity index (χ1) is 6.74. The van der Waals surface area contributed by atoms with Crippen LogP contribution in [0, 0.1) is 5.92 Å². The van der Waals surface area contributed by atoms with Crippen LogP contribution in [0.4, 0.5) is 0 Å². The summed E-state index contributed by atoms with van der Waals surface area (Å²) in [5, 5.41) is 5.64. The van der Waals surface area contributed by atoms with Gasteiger partial charge in [0.25, 0.3) is 0 Å². The number of carbonyl (C=O) groups is 2. The molecule has 88 valence electrons. The van der Waals surface area contributed by atoms with Crippen LogP contribution in [0.5, 0.6) is 0 Å². The van der Waals surface area contributed by atoms with E-state index in [0.29, 0.717) is 13.2 Å². The lowest BCUT2D eigenvalue weighted by Crippen LogP contribution is -2.36. The van der Waals surface area contributed by atoms with E-state index in [0.717, 1.165) is 13.0 Å². The molecule has 1 aliphatic heterocycles. The third kappa shape index (κ3) is 4.99. The van der Waals surface area contributed by atoms with Crippen molar-refractivity contribution in [1.82, 2.24) is 10.6 Å². The van der Waals surface area contributed by atoms with Gasteiger partial charge in [-0.25, -0.2) is 0 Å². The third-order valence-electron chi connectivity index (χ3n) is 2.14. The molecule has 0 aromatic carbocycles. The van der Waals surface area contributed by atoms with Gasteiger partial charge in [-0.05, 0) is 19.9 Å². The quantitative estimate of drug-likeness (QED) is 0.658. The maximum Gasteiger partial charge on any atom is 0.325 e. The summed E-state index contributed by atoms with van der Waals surface area (Å²) in [6.07, 6.45) is 0.842. The van der Waals surface area contributed by atoms with Gasteiger partial charge in [-0.3, -0.25) is 9.59 Å². The Morgan fingerprint density at radius 2 is 2.27 bits per heavy atom. The Morgan fingerprint density at radius 1 is 1.53 bits per heavy atom. The van der Waals surface area contributed by atoms with E-state index in [-0.39, 0.29) is 36.7 Å². The second kappa shape index (κ2) is 7.48. The van der Waals surface area contributed by atoms with E-state index in [9.17, 15) is 9.59 Å². The molecule has 0 aromatic rings. The molecule has 0 unspecified atom stereocenters. The van der Waals surface area contributed by atoms with Crippen LogP contribution in [0.1, 0.15) is 13.3 Å². The standard InChI is InChI=1S/C9H16N2O3.ClH/c1-2-14-8(12)6-11-9(13)7-3-4-10-5-7;/h7,10H,2-6H2,1H3,(H,11,13);1H/t7-;/m0./s1. The molecule has 0 saturated carbocycles. The summed E-state index contributed by atoms with van der Waals surface area (Å²) in [6.45, 7) is 3.63. The van der Waals surface area contributed by atoms with E-state index >= 15 is 0 Å². The zero-order chi connectivity index (χ0) is 10.4. The maximum atomic E-state index is 11.4. The van der Waals surface area contributed by atoms with Crippen LogP contribution in [0.2, 0.25) is 0 Å². The van der Waals surface area contributed by atoms with E-state index in [2.05, 4.69) is 15.4 Å². The number of nitrogens with one attached hydrogen (secondary N) is 2. The molecule has 1 fully saturated rings. The summed E-state index contributed by atoms with van der Waals surface area (Å²) in [5.41, 5.74) is 0. The lowest BCUT2D eigenvalue weighted by molar-refractivity contribution is -0.143. The monoisotopic (exact) mass is 236 g/mol. The molecule has 15 heavy (non-hydrogen) atoms. The Balaban J connectivity index is 0.00000196. The minimum absolute atomic E-state index is 0. The second-order valence-electron chi connectivity index (χ2n) is 3.21. The van der Waals surface area contributed by atoms with E-state index in [1.807, 2.05) is 0 Å². The minimum atomic E-state index is -0.383. The Hall–Kier alpha value is -0.810. The molecule has 0 aromatic heterocycles. The Labute approximate surface area is 95.3 Å². The summed E-state index contributed by atoms with van der Waals surface area (Å²) in [6, 6.07) is 0. The summed E-state index contributed by atoms with van der Waals surface area (Å²) in [5.74, 6) is -0.445. The Morgan fingerprint density at radius 3 is 2.80 bits per heavy atom. The van der Waals surface area contributed by atoms with Gasteiger partial charge in [0.15, 0.2) is 0 Å². The highest BCUT2D eigenvalue weighted by molar-refractivity contribution is 5.85. The fourth-order valence-electron chi connectivity index (χ4n) is 1.39. The van der Waals surface area contributed by atoms with Crippen molar-refractivity contribution in [2.45, 2.75) is 13.3 Å². The predicted molar refractivity (Wildman–Crippen MR) is 57.9 cm³/mol. The molecule has 1 atom stereocenters. The largest absolute Gasteiger partial charge is 0.465 e. The van der Waals surface area contributed by atoms with Gasteiger partial charge in [0.2, 0.25) is 5.91 Å². The number of hydrogen-bond donors (Lipinski definition) is 2. The maximum absolute atomic E-state index is 11.4. The van der Waals surface area contributed by atoms with Gasteiger partial charge in [0, 0.05) is 6.54 Å². The molecule has 1 heterocycles. The molecule has 1 saturated heterocycles. The smallest absolute Gasteiger partial charge is 0.325 e.